The molecule has 10 heteroatoms. The van der Waals surface area contributed by atoms with Gasteiger partial charge in [-0.25, -0.2) is 0 Å². The van der Waals surface area contributed by atoms with E-state index in [9.17, 15) is 9.59 Å². The first-order valence-corrected chi connectivity index (χ1v) is 10.8. The second-order valence-electron chi connectivity index (χ2n) is 7.11. The van der Waals surface area contributed by atoms with Crippen LogP contribution in [0.15, 0.2) is 97.6 Å². The molecule has 4 aromatic heterocycles. The Morgan fingerprint density at radius 1 is 0.556 bits per heavy atom. The zero-order valence-electron chi connectivity index (χ0n) is 20.0. The molecule has 0 unspecified atom stereocenters. The fraction of sp³-hybridized carbons (Fsp3) is 0.154. The summed E-state index contributed by atoms with van der Waals surface area (Å²) in [7, 11) is 0. The number of nitrogens with zero attached hydrogens (tertiary/aromatic N) is 4. The molecule has 0 aliphatic rings. The van der Waals surface area contributed by atoms with Crippen molar-refractivity contribution in [2.45, 2.75) is 25.9 Å². The van der Waals surface area contributed by atoms with E-state index >= 15 is 0 Å². The first kappa shape index (κ1) is 29.5. The van der Waals surface area contributed by atoms with E-state index in [0.717, 1.165) is 22.8 Å². The predicted octanol–water partition coefficient (Wildman–Crippen LogP) is 3.12. The number of hydrogen-bond acceptors (Lipinski definition) is 8. The largest absolute Gasteiger partial charge is 0.480 e. The van der Waals surface area contributed by atoms with Gasteiger partial charge in [-0.05, 0) is 62.4 Å². The molecule has 0 saturated carbocycles. The maximum absolute atomic E-state index is 9.57. The summed E-state index contributed by atoms with van der Waals surface area (Å²) in [6.07, 6.45) is 7.07. The lowest BCUT2D eigenvalue weighted by Gasteiger charge is -1.96. The van der Waals surface area contributed by atoms with Gasteiger partial charge < -0.3 is 21.7 Å². The normalized spacial score (nSPS) is 11.0. The molecule has 0 amide bonds. The van der Waals surface area contributed by atoms with Gasteiger partial charge >= 0.3 is 11.9 Å². The molecule has 0 fully saturated rings. The first-order chi connectivity index (χ1) is 17.2. The second kappa shape index (κ2) is 17.0. The molecule has 0 spiro atoms. The highest BCUT2D eigenvalue weighted by atomic mass is 16.4. The number of aromatic nitrogens is 4. The smallest absolute Gasteiger partial charge is 0.320 e. The van der Waals surface area contributed by atoms with E-state index in [1.165, 1.54) is 13.8 Å². The van der Waals surface area contributed by atoms with Crippen molar-refractivity contribution in [3.63, 3.8) is 0 Å². The molecule has 6 N–H and O–H groups in total. The first-order valence-electron chi connectivity index (χ1n) is 10.8. The SMILES string of the molecule is C[C@H](N)C(=O)O.C[C@H](N)C(=O)O.c1ccc(-c2ccccn2)nc1.c1ccc(-c2ccccn2)nc1. The van der Waals surface area contributed by atoms with Crippen molar-refractivity contribution in [3.05, 3.63) is 97.6 Å². The predicted molar refractivity (Wildman–Crippen MR) is 138 cm³/mol. The Morgan fingerprint density at radius 2 is 0.750 bits per heavy atom. The van der Waals surface area contributed by atoms with Gasteiger partial charge in [-0.2, -0.15) is 0 Å². The van der Waals surface area contributed by atoms with Gasteiger partial charge in [0.05, 0.1) is 22.8 Å². The van der Waals surface area contributed by atoms with Crippen LogP contribution in [0.5, 0.6) is 0 Å². The van der Waals surface area contributed by atoms with Crippen LogP contribution in [-0.2, 0) is 9.59 Å². The summed E-state index contributed by atoms with van der Waals surface area (Å²) in [6.45, 7) is 2.84. The van der Waals surface area contributed by atoms with E-state index < -0.39 is 24.0 Å². The molecular weight excluding hydrogens is 460 g/mol. The van der Waals surface area contributed by atoms with Gasteiger partial charge in [0.2, 0.25) is 0 Å². The minimum absolute atomic E-state index is 0.731. The molecule has 0 bridgehead atoms. The number of carbonyl (C=O) groups is 2. The summed E-state index contributed by atoms with van der Waals surface area (Å²) in [6, 6.07) is 21.7. The molecule has 0 aliphatic carbocycles. The van der Waals surface area contributed by atoms with Crippen LogP contribution < -0.4 is 11.5 Å². The number of hydrogen-bond donors (Lipinski definition) is 4. The Bertz CT molecular complexity index is 962. The van der Waals surface area contributed by atoms with Crippen LogP contribution in [-0.4, -0.2) is 54.2 Å². The molecular formula is C26H30N6O4. The maximum Gasteiger partial charge on any atom is 0.320 e. The van der Waals surface area contributed by atoms with Crippen LogP contribution in [0.25, 0.3) is 22.8 Å². The highest BCUT2D eigenvalue weighted by Crippen LogP contribution is 2.11. The molecule has 0 radical (unpaired) electrons. The quantitative estimate of drug-likeness (QED) is 0.332. The zero-order valence-corrected chi connectivity index (χ0v) is 20.0. The van der Waals surface area contributed by atoms with E-state index in [4.69, 9.17) is 21.7 Å². The fourth-order valence-electron chi connectivity index (χ4n) is 2.06. The lowest BCUT2D eigenvalue weighted by atomic mass is 10.2. The van der Waals surface area contributed by atoms with Crippen molar-refractivity contribution in [2.75, 3.05) is 0 Å². The average molecular weight is 491 g/mol. The molecule has 4 heterocycles. The number of aliphatic carboxylic acids is 2. The van der Waals surface area contributed by atoms with Gasteiger partial charge in [-0.15, -0.1) is 0 Å². The minimum Gasteiger partial charge on any atom is -0.480 e. The van der Waals surface area contributed by atoms with Crippen LogP contribution in [0.2, 0.25) is 0 Å². The van der Waals surface area contributed by atoms with Crippen LogP contribution in [0.1, 0.15) is 13.8 Å². The summed E-state index contributed by atoms with van der Waals surface area (Å²) in [5.74, 6) is -1.93. The number of nitrogens with two attached hydrogens (primary N) is 2. The summed E-state index contributed by atoms with van der Waals surface area (Å²) in [5, 5.41) is 15.7. The van der Waals surface area contributed by atoms with Gasteiger partial charge in [0.25, 0.3) is 0 Å². The van der Waals surface area contributed by atoms with Gasteiger partial charge in [0.1, 0.15) is 12.1 Å². The summed E-state index contributed by atoms with van der Waals surface area (Å²) >= 11 is 0. The monoisotopic (exact) mass is 490 g/mol. The minimum atomic E-state index is -0.963. The molecule has 10 nitrogen and oxygen atoms in total. The van der Waals surface area contributed by atoms with Crippen LogP contribution in [0, 0.1) is 0 Å². The summed E-state index contributed by atoms with van der Waals surface area (Å²) < 4.78 is 0. The molecule has 2 atom stereocenters. The molecule has 4 aromatic rings. The van der Waals surface area contributed by atoms with E-state index in [-0.39, 0.29) is 0 Å². The van der Waals surface area contributed by atoms with Crippen molar-refractivity contribution in [1.29, 1.82) is 0 Å². The van der Waals surface area contributed by atoms with E-state index in [1.807, 2.05) is 72.8 Å². The standard InChI is InChI=1S/2C10H8N2.2C3H7NO2/c2*1-3-7-11-9(5-1)10-6-2-4-8-12-10;2*1-2(4)3(5)6/h2*1-8H;2*2H,4H2,1H3,(H,5,6)/t;;2*2-/m..00/s1. The van der Waals surface area contributed by atoms with Crippen molar-refractivity contribution in [3.8, 4) is 22.8 Å². The van der Waals surface area contributed by atoms with Crippen molar-refractivity contribution >= 4 is 11.9 Å². The molecule has 0 saturated heterocycles. The third kappa shape index (κ3) is 12.6. The summed E-state index contributed by atoms with van der Waals surface area (Å²) in [4.78, 5) is 35.9. The van der Waals surface area contributed by atoms with E-state index in [2.05, 4.69) is 19.9 Å². The van der Waals surface area contributed by atoms with E-state index in [1.54, 1.807) is 24.8 Å². The van der Waals surface area contributed by atoms with Gasteiger partial charge in [-0.3, -0.25) is 29.5 Å². The van der Waals surface area contributed by atoms with Gasteiger partial charge in [0, 0.05) is 24.8 Å². The van der Waals surface area contributed by atoms with Crippen molar-refractivity contribution in [2.24, 2.45) is 11.5 Å². The third-order valence-corrected chi connectivity index (χ3v) is 3.96. The van der Waals surface area contributed by atoms with Crippen LogP contribution in [0.4, 0.5) is 0 Å². The fourth-order valence-corrected chi connectivity index (χ4v) is 2.06. The highest BCUT2D eigenvalue weighted by Gasteiger charge is 2.00. The van der Waals surface area contributed by atoms with Crippen molar-refractivity contribution < 1.29 is 19.8 Å². The Kier molecular flexibility index (Phi) is 13.9. The van der Waals surface area contributed by atoms with Crippen molar-refractivity contribution in [1.82, 2.24) is 19.9 Å². The van der Waals surface area contributed by atoms with Crippen LogP contribution in [0.3, 0.4) is 0 Å². The maximum atomic E-state index is 9.57. The van der Waals surface area contributed by atoms with Gasteiger partial charge in [-0.1, -0.05) is 24.3 Å². The van der Waals surface area contributed by atoms with Crippen LogP contribution >= 0.6 is 0 Å². The lowest BCUT2D eigenvalue weighted by molar-refractivity contribution is -0.139. The summed E-state index contributed by atoms with van der Waals surface area (Å²) in [5.41, 5.74) is 13.3. The molecule has 0 aliphatic heterocycles. The lowest BCUT2D eigenvalue weighted by Crippen LogP contribution is -2.25. The Morgan fingerprint density at radius 3 is 0.861 bits per heavy atom. The molecule has 36 heavy (non-hydrogen) atoms. The Hall–Kier alpha value is -4.54. The number of carboxylic acid groups (broad SMARTS) is 2. The number of rotatable bonds is 4. The topological polar surface area (TPSA) is 178 Å². The highest BCUT2D eigenvalue weighted by molar-refractivity contribution is 5.72. The Balaban J connectivity index is 0.000000255. The molecule has 188 valence electrons. The average Bonchev–Trinajstić information content (AvgIpc) is 2.92. The molecule has 0 aromatic carbocycles. The third-order valence-electron chi connectivity index (χ3n) is 3.96. The zero-order chi connectivity index (χ0) is 26.8. The second-order valence-corrected chi connectivity index (χ2v) is 7.11. The number of pyridine rings is 4. The van der Waals surface area contributed by atoms with Gasteiger partial charge in [0.15, 0.2) is 0 Å². The molecule has 4 rings (SSSR count). The number of carboxylic acids is 2. The van der Waals surface area contributed by atoms with E-state index in [0.29, 0.717) is 0 Å². The Labute approximate surface area is 209 Å².